The van der Waals surface area contributed by atoms with Crippen LogP contribution in [0.3, 0.4) is 0 Å². The SMILES string of the molecule is Cc1noc(C)c1CN1C[C@H](OCC(=O)N(C)C)[C@H]2COC[C@H]21.O=C(O)C(F)(F)F. The smallest absolute Gasteiger partial charge is 0.475 e. The lowest BCUT2D eigenvalue weighted by Crippen LogP contribution is -2.32. The highest BCUT2D eigenvalue weighted by Gasteiger charge is 2.46. The Morgan fingerprint density at radius 2 is 1.93 bits per heavy atom. The predicted octanol–water partition coefficient (Wildman–Crippen LogP) is 1.23. The number of aryl methyl sites for hydroxylation is 2. The molecule has 3 rings (SSSR count). The molecule has 2 aliphatic heterocycles. The van der Waals surface area contributed by atoms with Crippen molar-refractivity contribution in [2.24, 2.45) is 5.92 Å². The van der Waals surface area contributed by atoms with Gasteiger partial charge in [0.25, 0.3) is 0 Å². The van der Waals surface area contributed by atoms with Crippen LogP contribution in [0.4, 0.5) is 13.2 Å². The summed E-state index contributed by atoms with van der Waals surface area (Å²) >= 11 is 0. The third-order valence-electron chi connectivity index (χ3n) is 5.16. The number of hydrogen-bond donors (Lipinski definition) is 1. The Bertz CT molecular complexity index is 733. The minimum absolute atomic E-state index is 0.00959. The van der Waals surface area contributed by atoms with Gasteiger partial charge in [-0.25, -0.2) is 4.79 Å². The number of likely N-dealkylation sites (tertiary alicyclic amines) is 1. The fraction of sp³-hybridized carbons (Fsp3) is 0.722. The number of nitrogens with zero attached hydrogens (tertiary/aromatic N) is 3. The maximum absolute atomic E-state index is 11.8. The zero-order valence-electron chi connectivity index (χ0n) is 17.2. The Kier molecular flexibility index (Phi) is 7.83. The number of rotatable bonds is 5. The average molecular weight is 437 g/mol. The second-order valence-electron chi connectivity index (χ2n) is 7.44. The van der Waals surface area contributed by atoms with Crippen LogP contribution in [0.5, 0.6) is 0 Å². The van der Waals surface area contributed by atoms with Crippen LogP contribution in [0.25, 0.3) is 0 Å². The van der Waals surface area contributed by atoms with E-state index >= 15 is 0 Å². The van der Waals surface area contributed by atoms with Crippen LogP contribution in [-0.4, -0.2) is 90.7 Å². The van der Waals surface area contributed by atoms with Crippen molar-refractivity contribution in [2.75, 3.05) is 40.5 Å². The van der Waals surface area contributed by atoms with Crippen molar-refractivity contribution in [1.29, 1.82) is 0 Å². The first-order chi connectivity index (χ1) is 13.9. The molecule has 30 heavy (non-hydrogen) atoms. The normalized spacial score (nSPS) is 23.6. The van der Waals surface area contributed by atoms with Crippen LogP contribution in [-0.2, 0) is 25.6 Å². The quantitative estimate of drug-likeness (QED) is 0.734. The molecular formula is C18H26F3N3O6. The van der Waals surface area contributed by atoms with Crippen LogP contribution >= 0.6 is 0 Å². The van der Waals surface area contributed by atoms with Crippen molar-refractivity contribution in [3.8, 4) is 0 Å². The van der Waals surface area contributed by atoms with Gasteiger partial charge in [-0.15, -0.1) is 0 Å². The van der Waals surface area contributed by atoms with Crippen LogP contribution in [0.15, 0.2) is 4.52 Å². The van der Waals surface area contributed by atoms with Gasteiger partial charge in [0.2, 0.25) is 5.91 Å². The van der Waals surface area contributed by atoms with Gasteiger partial charge in [0, 0.05) is 44.7 Å². The standard InChI is InChI=1S/C16H25N3O4.C2HF3O2/c1-10-12(11(2)23-17-10)5-19-6-15(13-7-21-8-14(13)19)22-9-16(20)18(3)4;3-2(4,5)1(6)7/h13-15H,5-9H2,1-4H3;(H,6,7)/t13-,14+,15-;/m0./s1. The average Bonchev–Trinajstić information content (AvgIpc) is 3.32. The van der Waals surface area contributed by atoms with E-state index < -0.39 is 12.1 Å². The van der Waals surface area contributed by atoms with Crippen molar-refractivity contribution in [3.05, 3.63) is 17.0 Å². The Balaban J connectivity index is 0.000000396. The maximum Gasteiger partial charge on any atom is 0.490 e. The second kappa shape index (κ2) is 9.75. The second-order valence-corrected chi connectivity index (χ2v) is 7.44. The molecule has 1 amide bonds. The molecule has 170 valence electrons. The van der Waals surface area contributed by atoms with E-state index in [-0.39, 0.29) is 18.6 Å². The number of fused-ring (bicyclic) bond motifs is 1. The highest BCUT2D eigenvalue weighted by molar-refractivity contribution is 5.76. The molecule has 0 radical (unpaired) electrons. The van der Waals surface area contributed by atoms with E-state index in [1.165, 1.54) is 0 Å². The maximum atomic E-state index is 11.8. The topological polar surface area (TPSA) is 105 Å². The first-order valence-corrected chi connectivity index (χ1v) is 9.27. The summed E-state index contributed by atoms with van der Waals surface area (Å²) in [5.41, 5.74) is 2.07. The summed E-state index contributed by atoms with van der Waals surface area (Å²) in [7, 11) is 3.48. The first-order valence-electron chi connectivity index (χ1n) is 9.27. The van der Waals surface area contributed by atoms with Gasteiger partial charge in [0.1, 0.15) is 12.4 Å². The van der Waals surface area contributed by atoms with Gasteiger partial charge in [-0.05, 0) is 13.8 Å². The van der Waals surface area contributed by atoms with E-state index in [9.17, 15) is 18.0 Å². The number of hydrogen-bond acceptors (Lipinski definition) is 7. The van der Waals surface area contributed by atoms with E-state index in [0.29, 0.717) is 18.6 Å². The molecule has 2 saturated heterocycles. The molecule has 0 spiro atoms. The number of amides is 1. The summed E-state index contributed by atoms with van der Waals surface area (Å²) in [6.45, 7) is 7.04. The summed E-state index contributed by atoms with van der Waals surface area (Å²) < 4.78 is 48.5. The van der Waals surface area contributed by atoms with Gasteiger partial charge in [-0.1, -0.05) is 5.16 Å². The third-order valence-corrected chi connectivity index (χ3v) is 5.16. The van der Waals surface area contributed by atoms with Gasteiger partial charge in [0.15, 0.2) is 0 Å². The molecule has 9 nitrogen and oxygen atoms in total. The molecule has 1 aromatic heterocycles. The molecule has 0 aliphatic carbocycles. The lowest BCUT2D eigenvalue weighted by atomic mass is 10.0. The number of halogens is 3. The van der Waals surface area contributed by atoms with E-state index in [1.54, 1.807) is 19.0 Å². The minimum atomic E-state index is -5.08. The number of carboxylic acids is 1. The van der Waals surface area contributed by atoms with E-state index in [4.69, 9.17) is 23.9 Å². The number of carbonyl (C=O) groups excluding carboxylic acids is 1. The molecule has 0 aromatic carbocycles. The molecule has 3 atom stereocenters. The minimum Gasteiger partial charge on any atom is -0.475 e. The molecule has 1 N–H and O–H groups in total. The molecular weight excluding hydrogens is 411 g/mol. The highest BCUT2D eigenvalue weighted by atomic mass is 19.4. The van der Waals surface area contributed by atoms with Crippen molar-refractivity contribution in [3.63, 3.8) is 0 Å². The van der Waals surface area contributed by atoms with Crippen LogP contribution in [0.2, 0.25) is 0 Å². The monoisotopic (exact) mass is 437 g/mol. The summed E-state index contributed by atoms with van der Waals surface area (Å²) in [6, 6.07) is 0.336. The molecule has 1 aromatic rings. The fourth-order valence-corrected chi connectivity index (χ4v) is 3.39. The van der Waals surface area contributed by atoms with E-state index in [2.05, 4.69) is 10.1 Å². The first kappa shape index (κ1) is 24.1. The van der Waals surface area contributed by atoms with E-state index in [1.807, 2.05) is 13.8 Å². The van der Waals surface area contributed by atoms with Crippen LogP contribution in [0, 0.1) is 19.8 Å². The number of likely N-dealkylation sites (N-methyl/N-ethyl adjacent to an activating group) is 1. The van der Waals surface area contributed by atoms with E-state index in [0.717, 1.165) is 36.7 Å². The predicted molar refractivity (Wildman–Crippen MR) is 96.6 cm³/mol. The van der Waals surface area contributed by atoms with Gasteiger partial charge >= 0.3 is 12.1 Å². The summed E-state index contributed by atoms with van der Waals surface area (Å²) in [5, 5.41) is 11.2. The van der Waals surface area contributed by atoms with Crippen molar-refractivity contribution < 1.29 is 41.9 Å². The molecule has 0 saturated carbocycles. The van der Waals surface area contributed by atoms with Gasteiger partial charge in [0.05, 0.1) is 25.0 Å². The number of carbonyl (C=O) groups is 2. The number of aromatic nitrogens is 1. The van der Waals surface area contributed by atoms with Crippen LogP contribution < -0.4 is 0 Å². The van der Waals surface area contributed by atoms with Gasteiger partial charge in [-0.3, -0.25) is 9.69 Å². The Hall–Kier alpha value is -2.18. The molecule has 3 heterocycles. The Labute approximate surface area is 171 Å². The Morgan fingerprint density at radius 3 is 2.43 bits per heavy atom. The molecule has 12 heteroatoms. The number of aliphatic carboxylic acids is 1. The molecule has 0 bridgehead atoms. The third kappa shape index (κ3) is 5.92. The molecule has 2 aliphatic rings. The number of ether oxygens (including phenoxy) is 2. The highest BCUT2D eigenvalue weighted by Crippen LogP contribution is 2.34. The largest absolute Gasteiger partial charge is 0.490 e. The lowest BCUT2D eigenvalue weighted by Gasteiger charge is -2.21. The van der Waals surface area contributed by atoms with Gasteiger partial charge in [-0.2, -0.15) is 13.2 Å². The van der Waals surface area contributed by atoms with Crippen molar-refractivity contribution >= 4 is 11.9 Å². The molecule has 0 unspecified atom stereocenters. The van der Waals surface area contributed by atoms with Crippen LogP contribution in [0.1, 0.15) is 17.0 Å². The van der Waals surface area contributed by atoms with Gasteiger partial charge < -0.3 is 24.0 Å². The van der Waals surface area contributed by atoms with Crippen molar-refractivity contribution in [1.82, 2.24) is 15.0 Å². The zero-order chi connectivity index (χ0) is 22.6. The lowest BCUT2D eigenvalue weighted by molar-refractivity contribution is -0.192. The van der Waals surface area contributed by atoms with Crippen molar-refractivity contribution in [2.45, 2.75) is 38.7 Å². The zero-order valence-corrected chi connectivity index (χ0v) is 17.2. The number of carboxylic acid groups (broad SMARTS) is 1. The summed E-state index contributed by atoms with van der Waals surface area (Å²) in [5.74, 6) is -1.58. The number of alkyl halides is 3. The summed E-state index contributed by atoms with van der Waals surface area (Å²) in [4.78, 5) is 24.6. The summed E-state index contributed by atoms with van der Waals surface area (Å²) in [6.07, 6.45) is -5.05. The molecule has 2 fully saturated rings. The fourth-order valence-electron chi connectivity index (χ4n) is 3.39. The Morgan fingerprint density at radius 1 is 1.30 bits per heavy atom.